The molecule has 0 spiro atoms. The van der Waals surface area contributed by atoms with E-state index in [0.29, 0.717) is 22.2 Å². The SMILES string of the molecule is COc1cc(Cl)c(NC(=O)C2CCCCN2)cc1OC. The van der Waals surface area contributed by atoms with Crippen LogP contribution >= 0.6 is 11.6 Å². The first-order chi connectivity index (χ1) is 9.65. The number of hydrogen-bond acceptors (Lipinski definition) is 4. The van der Waals surface area contributed by atoms with Gasteiger partial charge in [-0.15, -0.1) is 0 Å². The second kappa shape index (κ2) is 6.81. The normalized spacial score (nSPS) is 18.4. The Morgan fingerprint density at radius 2 is 2.00 bits per heavy atom. The molecule has 1 aliphatic rings. The Morgan fingerprint density at radius 1 is 1.30 bits per heavy atom. The fraction of sp³-hybridized carbons (Fsp3) is 0.500. The fourth-order valence-electron chi connectivity index (χ4n) is 2.25. The summed E-state index contributed by atoms with van der Waals surface area (Å²) < 4.78 is 10.4. The van der Waals surface area contributed by atoms with Crippen molar-refractivity contribution in [3.05, 3.63) is 17.2 Å². The summed E-state index contributed by atoms with van der Waals surface area (Å²) in [6.45, 7) is 0.873. The summed E-state index contributed by atoms with van der Waals surface area (Å²) in [5.41, 5.74) is 0.529. The van der Waals surface area contributed by atoms with Crippen LogP contribution in [0.2, 0.25) is 5.02 Å². The average molecular weight is 299 g/mol. The van der Waals surface area contributed by atoms with Crippen LogP contribution in [0.1, 0.15) is 19.3 Å². The van der Waals surface area contributed by atoms with Crippen LogP contribution in [0, 0.1) is 0 Å². The molecule has 1 unspecified atom stereocenters. The molecule has 1 atom stereocenters. The Bertz CT molecular complexity index is 488. The highest BCUT2D eigenvalue weighted by atomic mass is 35.5. The van der Waals surface area contributed by atoms with E-state index in [2.05, 4.69) is 10.6 Å². The molecular formula is C14H19ClN2O3. The number of carbonyl (C=O) groups excluding carboxylic acids is 1. The Kier molecular flexibility index (Phi) is 5.09. The van der Waals surface area contributed by atoms with E-state index < -0.39 is 0 Å². The molecule has 1 aliphatic heterocycles. The van der Waals surface area contributed by atoms with E-state index in [1.165, 1.54) is 0 Å². The molecule has 5 nitrogen and oxygen atoms in total. The van der Waals surface area contributed by atoms with Gasteiger partial charge in [0.2, 0.25) is 5.91 Å². The van der Waals surface area contributed by atoms with E-state index in [9.17, 15) is 4.79 Å². The van der Waals surface area contributed by atoms with Gasteiger partial charge in [0.25, 0.3) is 0 Å². The van der Waals surface area contributed by atoms with Crippen LogP contribution in [0.15, 0.2) is 12.1 Å². The number of anilines is 1. The number of amides is 1. The molecule has 1 saturated heterocycles. The number of rotatable bonds is 4. The van der Waals surface area contributed by atoms with Crippen LogP contribution in [0.5, 0.6) is 11.5 Å². The smallest absolute Gasteiger partial charge is 0.241 e. The summed E-state index contributed by atoms with van der Waals surface area (Å²) in [5.74, 6) is 0.994. The van der Waals surface area contributed by atoms with Crippen LogP contribution < -0.4 is 20.1 Å². The zero-order chi connectivity index (χ0) is 14.5. The van der Waals surface area contributed by atoms with Crippen molar-refractivity contribution in [3.8, 4) is 11.5 Å². The summed E-state index contributed by atoms with van der Waals surface area (Å²) in [5, 5.41) is 6.46. The topological polar surface area (TPSA) is 59.6 Å². The zero-order valence-corrected chi connectivity index (χ0v) is 12.4. The van der Waals surface area contributed by atoms with Crippen molar-refractivity contribution in [2.45, 2.75) is 25.3 Å². The zero-order valence-electron chi connectivity index (χ0n) is 11.7. The van der Waals surface area contributed by atoms with Crippen LogP contribution in [-0.2, 0) is 4.79 Å². The summed E-state index contributed by atoms with van der Waals surface area (Å²) in [6.07, 6.45) is 3.02. The highest BCUT2D eigenvalue weighted by Crippen LogP contribution is 2.36. The molecule has 20 heavy (non-hydrogen) atoms. The van der Waals surface area contributed by atoms with E-state index in [-0.39, 0.29) is 11.9 Å². The number of benzene rings is 1. The standard InChI is InChI=1S/C14H19ClN2O3/c1-19-12-7-9(15)11(8-13(12)20-2)17-14(18)10-5-3-4-6-16-10/h7-8,10,16H,3-6H2,1-2H3,(H,17,18). The fourth-order valence-corrected chi connectivity index (χ4v) is 2.45. The maximum absolute atomic E-state index is 12.2. The van der Waals surface area contributed by atoms with Gasteiger partial charge >= 0.3 is 0 Å². The van der Waals surface area contributed by atoms with Gasteiger partial charge in [-0.2, -0.15) is 0 Å². The van der Waals surface area contributed by atoms with Crippen LogP contribution in [-0.4, -0.2) is 32.7 Å². The molecule has 0 aromatic heterocycles. The Balaban J connectivity index is 2.13. The minimum absolute atomic E-state index is 0.0705. The number of methoxy groups -OCH3 is 2. The van der Waals surface area contributed by atoms with Crippen LogP contribution in [0.4, 0.5) is 5.69 Å². The highest BCUT2D eigenvalue weighted by Gasteiger charge is 2.21. The van der Waals surface area contributed by atoms with Crippen molar-refractivity contribution in [2.24, 2.45) is 0 Å². The first kappa shape index (κ1) is 14.9. The third kappa shape index (κ3) is 3.35. The third-order valence-electron chi connectivity index (χ3n) is 3.36. The van der Waals surface area contributed by atoms with Gasteiger partial charge < -0.3 is 20.1 Å². The Morgan fingerprint density at radius 3 is 2.60 bits per heavy atom. The van der Waals surface area contributed by atoms with Crippen molar-refractivity contribution in [2.75, 3.05) is 26.1 Å². The average Bonchev–Trinajstić information content (AvgIpc) is 2.49. The highest BCUT2D eigenvalue weighted by molar-refractivity contribution is 6.34. The van der Waals surface area contributed by atoms with Gasteiger partial charge in [-0.25, -0.2) is 0 Å². The minimum Gasteiger partial charge on any atom is -0.493 e. The summed E-state index contributed by atoms with van der Waals surface area (Å²) in [6, 6.07) is 3.14. The van der Waals surface area contributed by atoms with Gasteiger partial charge in [0, 0.05) is 12.1 Å². The van der Waals surface area contributed by atoms with Crippen molar-refractivity contribution < 1.29 is 14.3 Å². The monoisotopic (exact) mass is 298 g/mol. The van der Waals surface area contributed by atoms with Gasteiger partial charge in [-0.3, -0.25) is 4.79 Å². The summed E-state index contributed by atoms with van der Waals surface area (Å²) in [4.78, 5) is 12.2. The summed E-state index contributed by atoms with van der Waals surface area (Å²) >= 11 is 6.15. The lowest BCUT2D eigenvalue weighted by atomic mass is 10.0. The quantitative estimate of drug-likeness (QED) is 0.896. The van der Waals surface area contributed by atoms with Crippen LogP contribution in [0.3, 0.4) is 0 Å². The predicted octanol–water partition coefficient (Wildman–Crippen LogP) is 2.44. The molecule has 0 bridgehead atoms. The van der Waals surface area contributed by atoms with Crippen molar-refractivity contribution in [3.63, 3.8) is 0 Å². The number of carbonyl (C=O) groups is 1. The van der Waals surface area contributed by atoms with Gasteiger partial charge in [-0.1, -0.05) is 18.0 Å². The molecule has 1 aromatic carbocycles. The van der Waals surface area contributed by atoms with E-state index >= 15 is 0 Å². The Labute approximate surface area is 123 Å². The maximum Gasteiger partial charge on any atom is 0.241 e. The molecular weight excluding hydrogens is 280 g/mol. The minimum atomic E-state index is -0.159. The number of nitrogens with one attached hydrogen (secondary N) is 2. The molecule has 1 amide bonds. The van der Waals surface area contributed by atoms with Gasteiger partial charge in [-0.05, 0) is 19.4 Å². The Hall–Kier alpha value is -1.46. The first-order valence-electron chi connectivity index (χ1n) is 6.61. The van der Waals surface area contributed by atoms with E-state index in [1.807, 2.05) is 0 Å². The first-order valence-corrected chi connectivity index (χ1v) is 6.99. The number of piperidine rings is 1. The lowest BCUT2D eigenvalue weighted by Gasteiger charge is -2.23. The lowest BCUT2D eigenvalue weighted by Crippen LogP contribution is -2.43. The summed E-state index contributed by atoms with van der Waals surface area (Å²) in [7, 11) is 3.08. The molecule has 6 heteroatoms. The van der Waals surface area contributed by atoms with E-state index in [4.69, 9.17) is 21.1 Å². The maximum atomic E-state index is 12.2. The number of ether oxygens (including phenoxy) is 2. The lowest BCUT2D eigenvalue weighted by molar-refractivity contribution is -0.118. The molecule has 1 heterocycles. The number of halogens is 1. The molecule has 0 aliphatic carbocycles. The largest absolute Gasteiger partial charge is 0.493 e. The molecule has 1 aromatic rings. The molecule has 0 saturated carbocycles. The molecule has 2 rings (SSSR count). The van der Waals surface area contributed by atoms with Crippen LogP contribution in [0.25, 0.3) is 0 Å². The molecule has 2 N–H and O–H groups in total. The second-order valence-electron chi connectivity index (χ2n) is 4.68. The number of hydrogen-bond donors (Lipinski definition) is 2. The van der Waals surface area contributed by atoms with E-state index in [1.54, 1.807) is 26.4 Å². The second-order valence-corrected chi connectivity index (χ2v) is 5.09. The third-order valence-corrected chi connectivity index (χ3v) is 3.67. The van der Waals surface area contributed by atoms with Crippen molar-refractivity contribution in [1.29, 1.82) is 0 Å². The van der Waals surface area contributed by atoms with Gasteiger partial charge in [0.05, 0.1) is 31.0 Å². The van der Waals surface area contributed by atoms with E-state index in [0.717, 1.165) is 25.8 Å². The molecule has 0 radical (unpaired) electrons. The molecule has 110 valence electrons. The van der Waals surface area contributed by atoms with Gasteiger partial charge in [0.15, 0.2) is 11.5 Å². The van der Waals surface area contributed by atoms with Crippen molar-refractivity contribution >= 4 is 23.2 Å². The van der Waals surface area contributed by atoms with Gasteiger partial charge in [0.1, 0.15) is 0 Å². The predicted molar refractivity (Wildman–Crippen MR) is 78.8 cm³/mol. The van der Waals surface area contributed by atoms with Crippen molar-refractivity contribution in [1.82, 2.24) is 5.32 Å². The molecule has 1 fully saturated rings.